The first kappa shape index (κ1) is 17.5. The number of hydrogen-bond donors (Lipinski definition) is 1. The van der Waals surface area contributed by atoms with Crippen LogP contribution < -0.4 is 10.1 Å². The molecule has 27 heavy (non-hydrogen) atoms. The number of rotatable bonds is 6. The van der Waals surface area contributed by atoms with Crippen molar-refractivity contribution in [3.63, 3.8) is 0 Å². The van der Waals surface area contributed by atoms with E-state index in [0.717, 1.165) is 29.7 Å². The molecule has 1 amide bonds. The van der Waals surface area contributed by atoms with Crippen molar-refractivity contribution in [1.82, 2.24) is 10.3 Å². The number of pyridine rings is 1. The molecule has 1 aliphatic heterocycles. The van der Waals surface area contributed by atoms with E-state index in [1.54, 1.807) is 6.20 Å². The Kier molecular flexibility index (Phi) is 5.32. The first-order valence-electron chi connectivity index (χ1n) is 9.46. The summed E-state index contributed by atoms with van der Waals surface area (Å²) in [5.74, 6) is 0.429. The number of nitrogens with one attached hydrogen (secondary N) is 1. The van der Waals surface area contributed by atoms with E-state index in [0.29, 0.717) is 18.8 Å². The van der Waals surface area contributed by atoms with Crippen molar-refractivity contribution in [2.45, 2.75) is 50.9 Å². The molecular formula is C21H23N3O3. The van der Waals surface area contributed by atoms with Gasteiger partial charge < -0.3 is 14.9 Å². The van der Waals surface area contributed by atoms with Crippen LogP contribution in [0.25, 0.3) is 0 Å². The van der Waals surface area contributed by atoms with Crippen LogP contribution in [0, 0.1) is 0 Å². The van der Waals surface area contributed by atoms with Crippen LogP contribution in [-0.2, 0) is 16.2 Å². The van der Waals surface area contributed by atoms with Gasteiger partial charge in [0.25, 0.3) is 5.91 Å². The fourth-order valence-electron chi connectivity index (χ4n) is 3.44. The standard InChI is InChI=1S/C21H23N3O3/c25-20(19-13-18(24-27-19)15-7-2-1-3-8-15)23-14-16-9-6-12-22-21(16)26-17-10-4-5-11-17/h1-3,6-9,12,17,19H,4-5,10-11,13-14H2,(H,23,25)/t19-/m0/s1. The summed E-state index contributed by atoms with van der Waals surface area (Å²) in [6.45, 7) is 0.356. The maximum Gasteiger partial charge on any atom is 0.264 e. The Hall–Kier alpha value is -2.89. The Labute approximate surface area is 158 Å². The minimum Gasteiger partial charge on any atom is -0.474 e. The van der Waals surface area contributed by atoms with Crippen LogP contribution in [0.2, 0.25) is 0 Å². The lowest BCUT2D eigenvalue weighted by atomic mass is 10.0. The van der Waals surface area contributed by atoms with E-state index in [4.69, 9.17) is 9.57 Å². The van der Waals surface area contributed by atoms with Gasteiger partial charge in [0.15, 0.2) is 0 Å². The zero-order chi connectivity index (χ0) is 18.5. The van der Waals surface area contributed by atoms with Gasteiger partial charge in [-0.1, -0.05) is 41.6 Å². The maximum absolute atomic E-state index is 12.5. The molecule has 1 aliphatic carbocycles. The molecule has 140 valence electrons. The number of nitrogens with zero attached hydrogens (tertiary/aromatic N) is 2. The predicted molar refractivity (Wildman–Crippen MR) is 101 cm³/mol. The summed E-state index contributed by atoms with van der Waals surface area (Å²) in [6, 6.07) is 13.5. The number of ether oxygens (including phenoxy) is 1. The van der Waals surface area contributed by atoms with Crippen molar-refractivity contribution in [2.75, 3.05) is 0 Å². The second-order valence-corrected chi connectivity index (χ2v) is 6.91. The van der Waals surface area contributed by atoms with Crippen molar-refractivity contribution < 1.29 is 14.4 Å². The average Bonchev–Trinajstić information content (AvgIpc) is 3.40. The molecule has 0 saturated heterocycles. The molecule has 0 unspecified atom stereocenters. The van der Waals surface area contributed by atoms with Crippen LogP contribution in [-0.4, -0.2) is 28.8 Å². The van der Waals surface area contributed by atoms with Crippen LogP contribution in [0.3, 0.4) is 0 Å². The van der Waals surface area contributed by atoms with Gasteiger partial charge in [0, 0.05) is 24.7 Å². The van der Waals surface area contributed by atoms with Gasteiger partial charge in [0.05, 0.1) is 5.71 Å². The molecule has 1 aromatic carbocycles. The number of carbonyl (C=O) groups excluding carboxylic acids is 1. The molecule has 2 aliphatic rings. The van der Waals surface area contributed by atoms with Gasteiger partial charge in [-0.3, -0.25) is 4.79 Å². The first-order valence-corrected chi connectivity index (χ1v) is 9.46. The Balaban J connectivity index is 1.32. The topological polar surface area (TPSA) is 72.8 Å². The molecular weight excluding hydrogens is 342 g/mol. The second-order valence-electron chi connectivity index (χ2n) is 6.91. The SMILES string of the molecule is O=C(NCc1cccnc1OC1CCCC1)[C@@H]1CC(c2ccccc2)=NO1. The minimum atomic E-state index is -0.601. The summed E-state index contributed by atoms with van der Waals surface area (Å²) >= 11 is 0. The Morgan fingerprint density at radius 2 is 1.96 bits per heavy atom. The third-order valence-corrected chi connectivity index (χ3v) is 4.95. The zero-order valence-corrected chi connectivity index (χ0v) is 15.1. The van der Waals surface area contributed by atoms with E-state index in [2.05, 4.69) is 15.5 Å². The zero-order valence-electron chi connectivity index (χ0n) is 15.1. The smallest absolute Gasteiger partial charge is 0.264 e. The summed E-state index contributed by atoms with van der Waals surface area (Å²) < 4.78 is 6.02. The largest absolute Gasteiger partial charge is 0.474 e. The number of amides is 1. The normalized spacial score (nSPS) is 19.4. The molecule has 0 bridgehead atoms. The van der Waals surface area contributed by atoms with Crippen LogP contribution in [0.1, 0.15) is 43.2 Å². The number of benzene rings is 1. The first-order chi connectivity index (χ1) is 13.3. The third-order valence-electron chi connectivity index (χ3n) is 4.95. The molecule has 6 nitrogen and oxygen atoms in total. The average molecular weight is 365 g/mol. The fraction of sp³-hybridized carbons (Fsp3) is 0.381. The van der Waals surface area contributed by atoms with E-state index in [1.807, 2.05) is 42.5 Å². The Bertz CT molecular complexity index is 816. The molecule has 1 saturated carbocycles. The van der Waals surface area contributed by atoms with Crippen LogP contribution in [0.5, 0.6) is 5.88 Å². The minimum absolute atomic E-state index is 0.180. The molecule has 0 radical (unpaired) electrons. The summed E-state index contributed by atoms with van der Waals surface area (Å²) in [7, 11) is 0. The number of oxime groups is 1. The molecule has 6 heteroatoms. The molecule has 1 N–H and O–H groups in total. The van der Waals surface area contributed by atoms with E-state index >= 15 is 0 Å². The lowest BCUT2D eigenvalue weighted by Crippen LogP contribution is -2.34. The monoisotopic (exact) mass is 365 g/mol. The van der Waals surface area contributed by atoms with Crippen molar-refractivity contribution in [2.24, 2.45) is 5.16 Å². The van der Waals surface area contributed by atoms with Gasteiger partial charge in [-0.25, -0.2) is 4.98 Å². The Morgan fingerprint density at radius 3 is 2.78 bits per heavy atom. The van der Waals surface area contributed by atoms with Crippen LogP contribution in [0.4, 0.5) is 0 Å². The van der Waals surface area contributed by atoms with E-state index in [-0.39, 0.29) is 12.0 Å². The third kappa shape index (κ3) is 4.27. The highest BCUT2D eigenvalue weighted by Crippen LogP contribution is 2.25. The van der Waals surface area contributed by atoms with Crippen LogP contribution in [0.15, 0.2) is 53.8 Å². The second kappa shape index (κ2) is 8.20. The van der Waals surface area contributed by atoms with E-state index in [1.165, 1.54) is 12.8 Å². The molecule has 4 rings (SSSR count). The van der Waals surface area contributed by atoms with Crippen molar-refractivity contribution >= 4 is 11.6 Å². The molecule has 0 spiro atoms. The predicted octanol–water partition coefficient (Wildman–Crippen LogP) is 3.21. The van der Waals surface area contributed by atoms with Crippen molar-refractivity contribution in [1.29, 1.82) is 0 Å². The highest BCUT2D eigenvalue weighted by Gasteiger charge is 2.29. The lowest BCUT2D eigenvalue weighted by molar-refractivity contribution is -0.131. The lowest BCUT2D eigenvalue weighted by Gasteiger charge is -2.16. The van der Waals surface area contributed by atoms with Crippen LogP contribution >= 0.6 is 0 Å². The quantitative estimate of drug-likeness (QED) is 0.853. The number of hydrogen-bond acceptors (Lipinski definition) is 5. The van der Waals surface area contributed by atoms with E-state index < -0.39 is 6.10 Å². The summed E-state index contributed by atoms with van der Waals surface area (Å²) in [5.41, 5.74) is 2.65. The Morgan fingerprint density at radius 1 is 1.15 bits per heavy atom. The van der Waals surface area contributed by atoms with Crippen molar-refractivity contribution in [3.8, 4) is 5.88 Å². The molecule has 1 fully saturated rings. The summed E-state index contributed by atoms with van der Waals surface area (Å²) in [5, 5.41) is 6.99. The van der Waals surface area contributed by atoms with Crippen molar-refractivity contribution in [3.05, 3.63) is 59.8 Å². The highest BCUT2D eigenvalue weighted by atomic mass is 16.6. The molecule has 2 aromatic rings. The van der Waals surface area contributed by atoms with Gasteiger partial charge in [-0.2, -0.15) is 0 Å². The van der Waals surface area contributed by atoms with Gasteiger partial charge in [0.1, 0.15) is 6.10 Å². The summed E-state index contributed by atoms with van der Waals surface area (Å²) in [4.78, 5) is 22.2. The number of aromatic nitrogens is 1. The maximum atomic E-state index is 12.5. The highest BCUT2D eigenvalue weighted by molar-refractivity contribution is 6.04. The fourth-order valence-corrected chi connectivity index (χ4v) is 3.44. The molecule has 1 atom stereocenters. The van der Waals surface area contributed by atoms with Gasteiger partial charge >= 0.3 is 0 Å². The van der Waals surface area contributed by atoms with Gasteiger partial charge in [-0.05, 0) is 37.3 Å². The molecule has 2 heterocycles. The van der Waals surface area contributed by atoms with E-state index in [9.17, 15) is 4.79 Å². The number of carbonyl (C=O) groups is 1. The molecule has 1 aromatic heterocycles. The summed E-state index contributed by atoms with van der Waals surface area (Å²) in [6.07, 6.45) is 6.35. The van der Waals surface area contributed by atoms with Gasteiger partial charge in [-0.15, -0.1) is 0 Å². The van der Waals surface area contributed by atoms with Gasteiger partial charge in [0.2, 0.25) is 12.0 Å².